The minimum absolute atomic E-state index is 0.00195. The Labute approximate surface area is 189 Å². The highest BCUT2D eigenvalue weighted by molar-refractivity contribution is 7.80. The Morgan fingerprint density at radius 3 is 2.55 bits per heavy atom. The highest BCUT2D eigenvalue weighted by Crippen LogP contribution is 2.31. The number of carbonyl (C=O) groups is 1. The summed E-state index contributed by atoms with van der Waals surface area (Å²) in [5, 5.41) is 21.3. The zero-order valence-corrected chi connectivity index (χ0v) is 18.7. The lowest BCUT2D eigenvalue weighted by atomic mass is 9.87. The number of thiol groups is 1. The molecule has 0 saturated carbocycles. The summed E-state index contributed by atoms with van der Waals surface area (Å²) in [5.74, 6) is 0.637. The first-order valence-electron chi connectivity index (χ1n) is 10.8. The summed E-state index contributed by atoms with van der Waals surface area (Å²) in [6.45, 7) is 2.01. The molecule has 2 aromatic rings. The van der Waals surface area contributed by atoms with Crippen molar-refractivity contribution in [3.05, 3.63) is 59.4 Å². The summed E-state index contributed by atoms with van der Waals surface area (Å²) in [6.07, 6.45) is 9.43. The maximum atomic E-state index is 12.0. The number of benzene rings is 1. The normalized spacial score (nSPS) is 14.4. The van der Waals surface area contributed by atoms with E-state index < -0.39 is 0 Å². The minimum atomic E-state index is 0.00195. The van der Waals surface area contributed by atoms with Crippen molar-refractivity contribution in [3.8, 4) is 0 Å². The van der Waals surface area contributed by atoms with E-state index in [2.05, 4.69) is 48.4 Å². The monoisotopic (exact) mass is 442 g/mol. The van der Waals surface area contributed by atoms with Crippen molar-refractivity contribution in [2.45, 2.75) is 25.8 Å². The van der Waals surface area contributed by atoms with E-state index in [1.165, 1.54) is 16.7 Å². The summed E-state index contributed by atoms with van der Waals surface area (Å²) in [5.41, 5.74) is 5.96. The van der Waals surface area contributed by atoms with Gasteiger partial charge in [-0.05, 0) is 48.1 Å². The predicted octanol–water partition coefficient (Wildman–Crippen LogP) is 1.69. The van der Waals surface area contributed by atoms with Crippen molar-refractivity contribution >= 4 is 35.9 Å². The van der Waals surface area contributed by atoms with E-state index in [1.807, 2.05) is 27.8 Å². The van der Waals surface area contributed by atoms with Gasteiger partial charge in [-0.3, -0.25) is 4.79 Å². The number of aliphatic hydroxyl groups excluding tert-OH is 2. The number of fused-ring (bicyclic) bond motifs is 1. The Bertz CT molecular complexity index is 893. The highest BCUT2D eigenvalue weighted by Gasteiger charge is 2.19. The van der Waals surface area contributed by atoms with Gasteiger partial charge in [-0.25, -0.2) is 0 Å². The van der Waals surface area contributed by atoms with Gasteiger partial charge in [0.25, 0.3) is 5.91 Å². The molecule has 3 N–H and O–H groups in total. The van der Waals surface area contributed by atoms with Crippen LogP contribution in [0.25, 0.3) is 11.6 Å². The second kappa shape index (κ2) is 11.9. The molecular formula is C24H32N3O3S+. The van der Waals surface area contributed by atoms with Gasteiger partial charge in [-0.1, -0.05) is 18.2 Å². The van der Waals surface area contributed by atoms with E-state index in [9.17, 15) is 15.0 Å². The van der Waals surface area contributed by atoms with E-state index in [1.54, 1.807) is 0 Å². The Hall–Kier alpha value is -2.35. The predicted molar refractivity (Wildman–Crippen MR) is 127 cm³/mol. The molecule has 1 aromatic carbocycles. The molecule has 0 spiro atoms. The number of rotatable bonds is 10. The summed E-state index contributed by atoms with van der Waals surface area (Å²) in [7, 11) is 0. The quantitative estimate of drug-likeness (QED) is 0.334. The third kappa shape index (κ3) is 6.56. The number of carbonyl (C=O) groups excluding carboxylic acids is 1. The number of hydrogen-bond acceptors (Lipinski definition) is 5. The van der Waals surface area contributed by atoms with Crippen LogP contribution < -0.4 is 14.8 Å². The molecule has 1 heterocycles. The van der Waals surface area contributed by atoms with Crippen molar-refractivity contribution in [1.29, 1.82) is 0 Å². The molecule has 0 atom stereocenters. The van der Waals surface area contributed by atoms with Gasteiger partial charge in [0, 0.05) is 42.7 Å². The molecule has 0 bridgehead atoms. The van der Waals surface area contributed by atoms with Crippen LogP contribution in [0.4, 0.5) is 5.69 Å². The van der Waals surface area contributed by atoms with Crippen LogP contribution in [0.5, 0.6) is 0 Å². The molecular weight excluding hydrogens is 410 g/mol. The number of nitrogens with one attached hydrogen (secondary N) is 1. The number of allylic oxidation sites excluding steroid dienone is 1. The molecule has 31 heavy (non-hydrogen) atoms. The van der Waals surface area contributed by atoms with Crippen molar-refractivity contribution in [3.63, 3.8) is 0 Å². The highest BCUT2D eigenvalue weighted by atomic mass is 32.1. The standard InChI is InChI=1S/C24H31N3O3S/c28-13-11-27(12-14-29)22-6-4-19(5-7-22)16-20-2-1-3-21-17-26(10-8-23(20)21)18-24(30)25-9-15-31/h4-8,10,16-17,28-29H,1-3,9,11-15,18H2,(H-,25,30,31)/p+1. The zero-order chi connectivity index (χ0) is 22.1. The molecule has 7 heteroatoms. The SMILES string of the molecule is O=C(C[n+]1ccc2c(c1)CCC/C2=C\c1ccc(N(CCO)CCO)cc1)NCCS. The molecule has 1 aliphatic rings. The summed E-state index contributed by atoms with van der Waals surface area (Å²) in [4.78, 5) is 14.0. The smallest absolute Gasteiger partial charge is 0.286 e. The van der Waals surface area contributed by atoms with Crippen LogP contribution in [0.3, 0.4) is 0 Å². The third-order valence-electron chi connectivity index (χ3n) is 5.44. The number of nitrogens with zero attached hydrogens (tertiary/aromatic N) is 2. The molecule has 1 aliphatic carbocycles. The van der Waals surface area contributed by atoms with Crippen LogP contribution in [0.15, 0.2) is 42.7 Å². The number of aryl methyl sites for hydroxylation is 1. The number of aliphatic hydroxyl groups is 2. The van der Waals surface area contributed by atoms with E-state index in [0.717, 1.165) is 30.5 Å². The number of amides is 1. The first-order chi connectivity index (χ1) is 15.1. The maximum absolute atomic E-state index is 12.0. The van der Waals surface area contributed by atoms with Crippen molar-refractivity contribution in [2.75, 3.05) is 43.5 Å². The Morgan fingerprint density at radius 1 is 1.13 bits per heavy atom. The Kier molecular flexibility index (Phi) is 8.94. The fraction of sp³-hybridized carbons (Fsp3) is 0.417. The summed E-state index contributed by atoms with van der Waals surface area (Å²) in [6, 6.07) is 10.3. The van der Waals surface area contributed by atoms with Crippen molar-refractivity contribution in [1.82, 2.24) is 5.32 Å². The van der Waals surface area contributed by atoms with Crippen LogP contribution >= 0.6 is 12.6 Å². The molecule has 6 nitrogen and oxygen atoms in total. The second-order valence-corrected chi connectivity index (χ2v) is 8.13. The lowest BCUT2D eigenvalue weighted by molar-refractivity contribution is -0.684. The molecule has 0 unspecified atom stereocenters. The van der Waals surface area contributed by atoms with E-state index >= 15 is 0 Å². The first kappa shape index (κ1) is 23.3. The second-order valence-electron chi connectivity index (χ2n) is 7.68. The molecule has 166 valence electrons. The molecule has 1 amide bonds. The van der Waals surface area contributed by atoms with Gasteiger partial charge >= 0.3 is 0 Å². The van der Waals surface area contributed by atoms with Crippen LogP contribution in [0.1, 0.15) is 29.5 Å². The van der Waals surface area contributed by atoms with Crippen molar-refractivity contribution in [2.24, 2.45) is 0 Å². The van der Waals surface area contributed by atoms with E-state index in [4.69, 9.17) is 0 Å². The van der Waals surface area contributed by atoms with Crippen molar-refractivity contribution < 1.29 is 19.6 Å². The molecule has 0 radical (unpaired) electrons. The van der Waals surface area contributed by atoms with Gasteiger partial charge in [0.05, 0.1) is 13.2 Å². The van der Waals surface area contributed by atoms with Gasteiger partial charge < -0.3 is 20.4 Å². The lowest BCUT2D eigenvalue weighted by Gasteiger charge is -2.23. The van der Waals surface area contributed by atoms with E-state index in [0.29, 0.717) is 31.9 Å². The number of anilines is 1. The topological polar surface area (TPSA) is 76.7 Å². The third-order valence-corrected chi connectivity index (χ3v) is 5.66. The van der Waals surface area contributed by atoms with E-state index in [-0.39, 0.29) is 19.1 Å². The van der Waals surface area contributed by atoms with Crippen LogP contribution in [0, 0.1) is 0 Å². The van der Waals surface area contributed by atoms with Gasteiger partial charge in [0.2, 0.25) is 6.54 Å². The number of pyridine rings is 1. The fourth-order valence-electron chi connectivity index (χ4n) is 3.97. The lowest BCUT2D eigenvalue weighted by Crippen LogP contribution is -2.43. The molecule has 0 aliphatic heterocycles. The first-order valence-corrected chi connectivity index (χ1v) is 11.4. The van der Waals surface area contributed by atoms with Gasteiger partial charge in [-0.2, -0.15) is 17.2 Å². The molecule has 3 rings (SSSR count). The van der Waals surface area contributed by atoms with Crippen LogP contribution in [-0.2, 0) is 17.8 Å². The summed E-state index contributed by atoms with van der Waals surface area (Å²) >= 11 is 4.12. The average molecular weight is 443 g/mol. The zero-order valence-electron chi connectivity index (χ0n) is 17.8. The summed E-state index contributed by atoms with van der Waals surface area (Å²) < 4.78 is 1.95. The number of aromatic nitrogens is 1. The largest absolute Gasteiger partial charge is 0.395 e. The minimum Gasteiger partial charge on any atom is -0.395 e. The molecule has 1 aromatic heterocycles. The van der Waals surface area contributed by atoms with Crippen LogP contribution in [0.2, 0.25) is 0 Å². The molecule has 0 saturated heterocycles. The van der Waals surface area contributed by atoms with Crippen LogP contribution in [-0.4, -0.2) is 54.7 Å². The fourth-order valence-corrected chi connectivity index (χ4v) is 4.08. The maximum Gasteiger partial charge on any atom is 0.286 e. The molecule has 0 fully saturated rings. The van der Waals surface area contributed by atoms with Gasteiger partial charge in [0.15, 0.2) is 12.4 Å². The number of hydrogen-bond donors (Lipinski definition) is 4. The Morgan fingerprint density at radius 2 is 1.87 bits per heavy atom. The van der Waals surface area contributed by atoms with Gasteiger partial charge in [-0.15, -0.1) is 0 Å². The van der Waals surface area contributed by atoms with Gasteiger partial charge in [0.1, 0.15) is 0 Å². The average Bonchev–Trinajstić information content (AvgIpc) is 2.78. The Balaban J connectivity index is 1.75.